The lowest BCUT2D eigenvalue weighted by molar-refractivity contribution is -0.149. The zero-order valence-corrected chi connectivity index (χ0v) is 13.2. The summed E-state index contributed by atoms with van der Waals surface area (Å²) in [7, 11) is 0. The monoisotopic (exact) mass is 347 g/mol. The average Bonchev–Trinajstić information content (AvgIpc) is 2.85. The average molecular weight is 348 g/mol. The Hall–Kier alpha value is -0.460. The van der Waals surface area contributed by atoms with Crippen molar-refractivity contribution in [1.82, 2.24) is 4.98 Å². The molecule has 0 aromatic carbocycles. The van der Waals surface area contributed by atoms with Crippen molar-refractivity contribution >= 4 is 33.2 Å². The number of thiazole rings is 1. The third kappa shape index (κ3) is 3.77. The van der Waals surface area contributed by atoms with Crippen molar-refractivity contribution in [2.24, 2.45) is 11.8 Å². The summed E-state index contributed by atoms with van der Waals surface area (Å²) in [4.78, 5) is 15.9. The van der Waals surface area contributed by atoms with Gasteiger partial charge < -0.3 is 9.84 Å². The molecule has 1 atom stereocenters. The molecule has 1 unspecified atom stereocenters. The number of aromatic nitrogens is 1. The Labute approximate surface area is 125 Å². The van der Waals surface area contributed by atoms with Gasteiger partial charge in [0, 0.05) is 0 Å². The molecule has 1 fully saturated rings. The van der Waals surface area contributed by atoms with Crippen LogP contribution < -0.4 is 0 Å². The molecule has 6 heteroatoms. The number of rotatable bonds is 4. The molecule has 0 amide bonds. The van der Waals surface area contributed by atoms with Crippen molar-refractivity contribution in [1.29, 1.82) is 0 Å². The topological polar surface area (TPSA) is 59.4 Å². The van der Waals surface area contributed by atoms with Crippen LogP contribution in [-0.4, -0.2) is 22.7 Å². The van der Waals surface area contributed by atoms with Crippen molar-refractivity contribution in [3.63, 3.8) is 0 Å². The van der Waals surface area contributed by atoms with Crippen LogP contribution in [0.2, 0.25) is 0 Å². The molecule has 1 saturated carbocycles. The predicted octanol–water partition coefficient (Wildman–Crippen LogP) is 3.31. The van der Waals surface area contributed by atoms with E-state index in [0.29, 0.717) is 6.61 Å². The van der Waals surface area contributed by atoms with E-state index in [2.05, 4.69) is 20.9 Å². The van der Waals surface area contributed by atoms with Gasteiger partial charge in [-0.3, -0.25) is 4.79 Å². The molecule has 0 radical (unpaired) electrons. The zero-order valence-electron chi connectivity index (χ0n) is 10.8. The van der Waals surface area contributed by atoms with Gasteiger partial charge in [-0.15, -0.1) is 11.3 Å². The second-order valence-electron chi connectivity index (χ2n) is 4.81. The first-order valence-corrected chi connectivity index (χ1v) is 8.18. The van der Waals surface area contributed by atoms with Gasteiger partial charge in [0.25, 0.3) is 0 Å². The maximum Gasteiger partial charge on any atom is 0.308 e. The minimum Gasteiger partial charge on any atom is -0.466 e. The van der Waals surface area contributed by atoms with Crippen molar-refractivity contribution in [3.8, 4) is 0 Å². The van der Waals surface area contributed by atoms with Crippen LogP contribution in [0, 0.1) is 11.8 Å². The van der Waals surface area contributed by atoms with Crippen LogP contribution in [0.15, 0.2) is 9.98 Å². The van der Waals surface area contributed by atoms with Crippen LogP contribution in [0.4, 0.5) is 0 Å². The summed E-state index contributed by atoms with van der Waals surface area (Å²) >= 11 is 4.82. The van der Waals surface area contributed by atoms with Gasteiger partial charge in [-0.05, 0) is 54.5 Å². The van der Waals surface area contributed by atoms with Gasteiger partial charge in [0.2, 0.25) is 0 Å². The van der Waals surface area contributed by atoms with Gasteiger partial charge in [-0.25, -0.2) is 4.98 Å². The van der Waals surface area contributed by atoms with Crippen LogP contribution in [-0.2, 0) is 9.53 Å². The van der Waals surface area contributed by atoms with Gasteiger partial charge in [0.05, 0.1) is 22.5 Å². The van der Waals surface area contributed by atoms with Crippen molar-refractivity contribution in [3.05, 3.63) is 15.0 Å². The fourth-order valence-corrected chi connectivity index (χ4v) is 3.86. The normalized spacial score (nSPS) is 25.0. The molecule has 0 aliphatic heterocycles. The van der Waals surface area contributed by atoms with Gasteiger partial charge in [-0.2, -0.15) is 0 Å². The number of hydrogen-bond acceptors (Lipinski definition) is 5. The second kappa shape index (κ2) is 6.81. The van der Waals surface area contributed by atoms with Crippen LogP contribution in [0.1, 0.15) is 43.7 Å². The Morgan fingerprint density at radius 1 is 1.58 bits per heavy atom. The summed E-state index contributed by atoms with van der Waals surface area (Å²) < 4.78 is 5.98. The number of carbonyl (C=O) groups is 1. The highest BCUT2D eigenvalue weighted by Gasteiger charge is 2.32. The van der Waals surface area contributed by atoms with E-state index in [4.69, 9.17) is 4.74 Å². The van der Waals surface area contributed by atoms with Gasteiger partial charge in [0.1, 0.15) is 11.1 Å². The third-order valence-corrected chi connectivity index (χ3v) is 5.13. The number of carbonyl (C=O) groups excluding carboxylic acids is 1. The Morgan fingerprint density at radius 2 is 2.26 bits per heavy atom. The highest BCUT2D eigenvalue weighted by Crippen LogP contribution is 2.38. The molecule has 0 bridgehead atoms. The number of aliphatic hydroxyl groups excluding tert-OH is 1. The van der Waals surface area contributed by atoms with Crippen LogP contribution in [0.25, 0.3) is 0 Å². The Bertz CT molecular complexity index is 429. The molecule has 19 heavy (non-hydrogen) atoms. The molecular formula is C13H18BrNO3S. The molecule has 1 aromatic heterocycles. The zero-order chi connectivity index (χ0) is 13.8. The highest BCUT2D eigenvalue weighted by molar-refractivity contribution is 9.11. The number of hydrogen-bond donors (Lipinski definition) is 1. The number of aliphatic hydroxyl groups is 1. The predicted molar refractivity (Wildman–Crippen MR) is 76.9 cm³/mol. The first kappa shape index (κ1) is 14.9. The number of nitrogens with zero attached hydrogens (tertiary/aromatic N) is 1. The Kier molecular flexibility index (Phi) is 5.36. The summed E-state index contributed by atoms with van der Waals surface area (Å²) in [5.41, 5.74) is 0. The molecule has 2 rings (SSSR count). The molecule has 1 N–H and O–H groups in total. The third-order valence-electron chi connectivity index (χ3n) is 3.59. The smallest absolute Gasteiger partial charge is 0.308 e. The van der Waals surface area contributed by atoms with Crippen LogP contribution in [0.5, 0.6) is 0 Å². The molecular weight excluding hydrogens is 330 g/mol. The maximum absolute atomic E-state index is 11.6. The van der Waals surface area contributed by atoms with E-state index in [1.54, 1.807) is 6.20 Å². The van der Waals surface area contributed by atoms with Gasteiger partial charge >= 0.3 is 5.97 Å². The first-order chi connectivity index (χ1) is 9.11. The van der Waals surface area contributed by atoms with Crippen LogP contribution in [0.3, 0.4) is 0 Å². The van der Waals surface area contributed by atoms with Gasteiger partial charge in [-0.1, -0.05) is 0 Å². The van der Waals surface area contributed by atoms with Gasteiger partial charge in [0.15, 0.2) is 0 Å². The van der Waals surface area contributed by atoms with Crippen LogP contribution >= 0.6 is 27.3 Å². The number of ether oxygens (including phenoxy) is 1. The summed E-state index contributed by atoms with van der Waals surface area (Å²) in [6, 6.07) is 0. The lowest BCUT2D eigenvalue weighted by Crippen LogP contribution is -2.26. The molecule has 1 aliphatic rings. The largest absolute Gasteiger partial charge is 0.466 e. The summed E-state index contributed by atoms with van der Waals surface area (Å²) in [5, 5.41) is 11.1. The first-order valence-electron chi connectivity index (χ1n) is 6.57. The number of halogens is 1. The molecule has 106 valence electrons. The standard InChI is InChI=1S/C13H18BrNO3S/c1-2-18-13(17)9-5-3-8(4-6-9)11(16)12-15-7-10(14)19-12/h7-9,11,16H,2-6H2,1H3. The minimum absolute atomic E-state index is 0.00595. The van der Waals surface area contributed by atoms with E-state index in [1.807, 2.05) is 6.92 Å². The van der Waals surface area contributed by atoms with E-state index in [9.17, 15) is 9.90 Å². The summed E-state index contributed by atoms with van der Waals surface area (Å²) in [6.07, 6.45) is 4.50. The van der Waals surface area contributed by atoms with Crippen molar-refractivity contribution in [2.45, 2.75) is 38.7 Å². The Balaban J connectivity index is 1.87. The van der Waals surface area contributed by atoms with E-state index < -0.39 is 6.10 Å². The molecule has 1 aliphatic carbocycles. The molecule has 0 spiro atoms. The molecule has 0 saturated heterocycles. The lowest BCUT2D eigenvalue weighted by atomic mass is 9.79. The summed E-state index contributed by atoms with van der Waals surface area (Å²) in [6.45, 7) is 2.27. The highest BCUT2D eigenvalue weighted by atomic mass is 79.9. The molecule has 1 aromatic rings. The summed E-state index contributed by atoms with van der Waals surface area (Å²) in [5.74, 6) is 0.114. The number of esters is 1. The van der Waals surface area contributed by atoms with Crippen molar-refractivity contribution in [2.75, 3.05) is 6.61 Å². The molecule has 4 nitrogen and oxygen atoms in total. The van der Waals surface area contributed by atoms with E-state index in [0.717, 1.165) is 34.5 Å². The van der Waals surface area contributed by atoms with E-state index in [1.165, 1.54) is 11.3 Å². The van der Waals surface area contributed by atoms with Crippen molar-refractivity contribution < 1.29 is 14.6 Å². The van der Waals surface area contributed by atoms with E-state index >= 15 is 0 Å². The fourth-order valence-electron chi connectivity index (χ4n) is 2.54. The molecule has 1 heterocycles. The van der Waals surface area contributed by atoms with E-state index in [-0.39, 0.29) is 17.8 Å². The second-order valence-corrected chi connectivity index (χ2v) is 7.25. The Morgan fingerprint density at radius 3 is 2.79 bits per heavy atom. The minimum atomic E-state index is -0.514. The fraction of sp³-hybridized carbons (Fsp3) is 0.692. The quantitative estimate of drug-likeness (QED) is 0.848. The maximum atomic E-state index is 11.6. The SMILES string of the molecule is CCOC(=O)C1CCC(C(O)c2ncc(Br)s2)CC1. The lowest BCUT2D eigenvalue weighted by Gasteiger charge is -2.29.